The van der Waals surface area contributed by atoms with Gasteiger partial charge >= 0.3 is 0 Å². The minimum absolute atomic E-state index is 0.0840. The van der Waals surface area contributed by atoms with Crippen LogP contribution in [0.4, 0.5) is 0 Å². The highest BCUT2D eigenvalue weighted by Gasteiger charge is 2.33. The molecule has 2 aliphatic carbocycles. The molecular weight excluding hydrogens is 276 g/mol. The summed E-state index contributed by atoms with van der Waals surface area (Å²) in [5, 5.41) is 6.32. The van der Waals surface area contributed by atoms with Crippen LogP contribution in [0.3, 0.4) is 0 Å². The molecule has 7 heteroatoms. The van der Waals surface area contributed by atoms with Crippen LogP contribution < -0.4 is 15.4 Å². The lowest BCUT2D eigenvalue weighted by Gasteiger charge is -2.25. The molecule has 0 amide bonds. The van der Waals surface area contributed by atoms with Crippen molar-refractivity contribution in [3.8, 4) is 0 Å². The Morgan fingerprint density at radius 3 is 2.55 bits per heavy atom. The summed E-state index contributed by atoms with van der Waals surface area (Å²) in [5.74, 6) is 2.00. The van der Waals surface area contributed by atoms with Crippen LogP contribution in [0.2, 0.25) is 0 Å². The van der Waals surface area contributed by atoms with Gasteiger partial charge < -0.3 is 10.6 Å². The van der Waals surface area contributed by atoms with Crippen LogP contribution in [0.1, 0.15) is 32.6 Å². The van der Waals surface area contributed by atoms with Gasteiger partial charge in [-0.3, -0.25) is 4.99 Å². The van der Waals surface area contributed by atoms with E-state index in [9.17, 15) is 8.42 Å². The molecule has 0 saturated heterocycles. The Morgan fingerprint density at radius 2 is 2.05 bits per heavy atom. The standard InChI is InChI=1S/C13H26N4O2S/c1-10-8-12(10)17-13(14-2)15-6-7-20(18,19)16-9-11-4-3-5-11/h10-12,16H,3-9H2,1-2H3,(H2,14,15,17). The Balaban J connectivity index is 1.62. The Kier molecular flexibility index (Phi) is 5.26. The Hall–Kier alpha value is -0.820. The van der Waals surface area contributed by atoms with Crippen molar-refractivity contribution in [1.29, 1.82) is 0 Å². The Morgan fingerprint density at radius 1 is 1.35 bits per heavy atom. The molecule has 2 rings (SSSR count). The molecule has 3 N–H and O–H groups in total. The number of nitrogens with one attached hydrogen (secondary N) is 3. The maximum atomic E-state index is 11.8. The number of rotatable bonds is 7. The normalized spacial score (nSPS) is 27.0. The first-order chi connectivity index (χ1) is 9.50. The molecule has 0 spiro atoms. The van der Waals surface area contributed by atoms with Crippen molar-refractivity contribution in [2.24, 2.45) is 16.8 Å². The predicted molar refractivity (Wildman–Crippen MR) is 81.2 cm³/mol. The zero-order valence-electron chi connectivity index (χ0n) is 12.4. The molecule has 6 nitrogen and oxygen atoms in total. The summed E-state index contributed by atoms with van der Waals surface area (Å²) in [6, 6.07) is 0.481. The number of nitrogens with zero attached hydrogens (tertiary/aromatic N) is 1. The first kappa shape index (κ1) is 15.6. The first-order valence-corrected chi connectivity index (χ1v) is 9.10. The van der Waals surface area contributed by atoms with Gasteiger partial charge in [0.05, 0.1) is 5.75 Å². The molecule has 2 saturated carbocycles. The van der Waals surface area contributed by atoms with Gasteiger partial charge in [0.15, 0.2) is 5.96 Å². The van der Waals surface area contributed by atoms with Crippen molar-refractivity contribution in [2.45, 2.75) is 38.6 Å². The van der Waals surface area contributed by atoms with Crippen molar-refractivity contribution < 1.29 is 8.42 Å². The highest BCUT2D eigenvalue weighted by molar-refractivity contribution is 7.89. The molecule has 2 unspecified atom stereocenters. The maximum Gasteiger partial charge on any atom is 0.213 e. The average molecular weight is 302 g/mol. The molecule has 0 aromatic carbocycles. The smallest absolute Gasteiger partial charge is 0.213 e. The molecule has 0 aliphatic heterocycles. The molecule has 2 aliphatic rings. The van der Waals surface area contributed by atoms with Crippen molar-refractivity contribution in [1.82, 2.24) is 15.4 Å². The molecule has 0 heterocycles. The summed E-state index contributed by atoms with van der Waals surface area (Å²) in [6.45, 7) is 3.15. The van der Waals surface area contributed by atoms with Gasteiger partial charge in [-0.1, -0.05) is 13.3 Å². The lowest BCUT2D eigenvalue weighted by Crippen LogP contribution is -2.43. The molecule has 0 bridgehead atoms. The molecule has 116 valence electrons. The summed E-state index contributed by atoms with van der Waals surface area (Å²) >= 11 is 0. The van der Waals surface area contributed by atoms with Crippen molar-refractivity contribution in [2.75, 3.05) is 25.9 Å². The minimum atomic E-state index is -3.18. The van der Waals surface area contributed by atoms with Gasteiger partial charge in [-0.25, -0.2) is 13.1 Å². The second kappa shape index (κ2) is 6.76. The predicted octanol–water partition coefficient (Wildman–Crippen LogP) is 0.279. The molecule has 0 aromatic rings. The molecule has 2 atom stereocenters. The monoisotopic (exact) mass is 302 g/mol. The summed E-state index contributed by atoms with van der Waals surface area (Å²) in [4.78, 5) is 4.10. The van der Waals surface area contributed by atoms with E-state index in [-0.39, 0.29) is 5.75 Å². The van der Waals surface area contributed by atoms with Gasteiger partial charge in [0.1, 0.15) is 0 Å². The summed E-state index contributed by atoms with van der Waals surface area (Å²) < 4.78 is 26.3. The van der Waals surface area contributed by atoms with Gasteiger partial charge in [-0.15, -0.1) is 0 Å². The van der Waals surface area contributed by atoms with E-state index in [4.69, 9.17) is 0 Å². The van der Waals surface area contributed by atoms with E-state index in [1.807, 2.05) is 0 Å². The fourth-order valence-electron chi connectivity index (χ4n) is 2.21. The third kappa shape index (κ3) is 4.94. The molecule has 0 aromatic heterocycles. The molecular formula is C13H26N4O2S. The van der Waals surface area contributed by atoms with Crippen LogP contribution in [-0.2, 0) is 10.0 Å². The van der Waals surface area contributed by atoms with E-state index in [1.54, 1.807) is 7.05 Å². The lowest BCUT2D eigenvalue weighted by atomic mass is 9.86. The van der Waals surface area contributed by atoms with E-state index in [0.29, 0.717) is 36.9 Å². The number of guanidine groups is 1. The van der Waals surface area contributed by atoms with Crippen molar-refractivity contribution in [3.63, 3.8) is 0 Å². The minimum Gasteiger partial charge on any atom is -0.355 e. The van der Waals surface area contributed by atoms with Crippen LogP contribution >= 0.6 is 0 Å². The Bertz CT molecular complexity index is 445. The van der Waals surface area contributed by atoms with Crippen molar-refractivity contribution in [3.05, 3.63) is 0 Å². The van der Waals surface area contributed by atoms with E-state index in [2.05, 4.69) is 27.3 Å². The number of hydrogen-bond acceptors (Lipinski definition) is 3. The quantitative estimate of drug-likeness (QED) is 0.466. The SMILES string of the molecule is CN=C(NCCS(=O)(=O)NCC1CCC1)NC1CC1C. The van der Waals surface area contributed by atoms with Crippen LogP contribution in [0, 0.1) is 11.8 Å². The summed E-state index contributed by atoms with van der Waals surface area (Å²) in [5.41, 5.74) is 0. The number of aliphatic imine (C=N–C) groups is 1. The fraction of sp³-hybridized carbons (Fsp3) is 0.923. The van der Waals surface area contributed by atoms with E-state index < -0.39 is 10.0 Å². The highest BCUT2D eigenvalue weighted by Crippen LogP contribution is 2.28. The zero-order valence-corrected chi connectivity index (χ0v) is 13.2. The first-order valence-electron chi connectivity index (χ1n) is 7.44. The second-order valence-corrected chi connectivity index (χ2v) is 7.85. The lowest BCUT2D eigenvalue weighted by molar-refractivity contribution is 0.316. The number of sulfonamides is 1. The third-order valence-electron chi connectivity index (χ3n) is 4.14. The van der Waals surface area contributed by atoms with E-state index >= 15 is 0 Å². The fourth-order valence-corrected chi connectivity index (χ4v) is 3.22. The topological polar surface area (TPSA) is 82.6 Å². The van der Waals surface area contributed by atoms with Gasteiger partial charge in [0.2, 0.25) is 10.0 Å². The average Bonchev–Trinajstić information content (AvgIpc) is 3.01. The van der Waals surface area contributed by atoms with Crippen LogP contribution in [0.25, 0.3) is 0 Å². The maximum absolute atomic E-state index is 11.8. The summed E-state index contributed by atoms with van der Waals surface area (Å²) in [6.07, 6.45) is 4.69. The highest BCUT2D eigenvalue weighted by atomic mass is 32.2. The van der Waals surface area contributed by atoms with E-state index in [0.717, 1.165) is 19.3 Å². The molecule has 20 heavy (non-hydrogen) atoms. The van der Waals surface area contributed by atoms with E-state index in [1.165, 1.54) is 6.42 Å². The van der Waals surface area contributed by atoms with Crippen LogP contribution in [0.5, 0.6) is 0 Å². The Labute approximate surface area is 121 Å². The molecule has 0 radical (unpaired) electrons. The third-order valence-corrected chi connectivity index (χ3v) is 5.48. The van der Waals surface area contributed by atoms with Gasteiger partial charge in [0, 0.05) is 26.2 Å². The van der Waals surface area contributed by atoms with Crippen LogP contribution in [0.15, 0.2) is 4.99 Å². The summed E-state index contributed by atoms with van der Waals surface area (Å²) in [7, 11) is -1.48. The largest absolute Gasteiger partial charge is 0.355 e. The van der Waals surface area contributed by atoms with Gasteiger partial charge in [-0.05, 0) is 31.1 Å². The van der Waals surface area contributed by atoms with Gasteiger partial charge in [-0.2, -0.15) is 0 Å². The number of hydrogen-bond donors (Lipinski definition) is 3. The zero-order chi connectivity index (χ0) is 14.6. The second-order valence-electron chi connectivity index (χ2n) is 5.93. The van der Waals surface area contributed by atoms with Crippen molar-refractivity contribution >= 4 is 16.0 Å². The van der Waals surface area contributed by atoms with Crippen LogP contribution in [-0.4, -0.2) is 46.3 Å². The molecule has 2 fully saturated rings. The van der Waals surface area contributed by atoms with Gasteiger partial charge in [0.25, 0.3) is 0 Å².